The second-order valence-electron chi connectivity index (χ2n) is 7.66. The van der Waals surface area contributed by atoms with Gasteiger partial charge in [-0.1, -0.05) is 6.92 Å². The van der Waals surface area contributed by atoms with Crippen molar-refractivity contribution in [3.05, 3.63) is 58.4 Å². The number of benzene rings is 2. The lowest BCUT2D eigenvalue weighted by molar-refractivity contribution is -0.140. The quantitative estimate of drug-likeness (QED) is 0.548. The van der Waals surface area contributed by atoms with Gasteiger partial charge in [0, 0.05) is 12.1 Å². The van der Waals surface area contributed by atoms with E-state index in [0.29, 0.717) is 29.9 Å². The average Bonchev–Trinajstić information content (AvgIpc) is 2.72. The van der Waals surface area contributed by atoms with Crippen LogP contribution in [0.1, 0.15) is 47.3 Å². The van der Waals surface area contributed by atoms with Crippen molar-refractivity contribution in [3.63, 3.8) is 0 Å². The number of nitrogens with zero attached hydrogens (tertiary/aromatic N) is 2. The molecule has 1 atom stereocenters. The van der Waals surface area contributed by atoms with Gasteiger partial charge in [-0.05, 0) is 68.7 Å². The Bertz CT molecular complexity index is 1050. The van der Waals surface area contributed by atoms with Gasteiger partial charge in [-0.15, -0.1) is 0 Å². The fraction of sp³-hybridized carbons (Fsp3) is 0.391. The zero-order valence-corrected chi connectivity index (χ0v) is 18.2. The summed E-state index contributed by atoms with van der Waals surface area (Å²) in [5.74, 6) is -2.15. The zero-order chi connectivity index (χ0) is 23.8. The van der Waals surface area contributed by atoms with Crippen LogP contribution >= 0.6 is 0 Å². The molecular weight excluding hydrogens is 428 g/mol. The van der Waals surface area contributed by atoms with Crippen molar-refractivity contribution in [1.82, 2.24) is 0 Å². The Morgan fingerprint density at radius 3 is 2.25 bits per heavy atom. The van der Waals surface area contributed by atoms with Gasteiger partial charge in [-0.2, -0.15) is 13.2 Å². The molecule has 0 spiro atoms. The van der Waals surface area contributed by atoms with E-state index in [1.54, 1.807) is 19.1 Å². The van der Waals surface area contributed by atoms with Crippen molar-refractivity contribution in [2.24, 2.45) is 0 Å². The number of carbonyl (C=O) groups is 2. The van der Waals surface area contributed by atoms with Crippen LogP contribution < -0.4 is 9.80 Å². The third-order valence-electron chi connectivity index (χ3n) is 5.60. The number of anilines is 2. The number of amides is 2. The molecule has 32 heavy (non-hydrogen) atoms. The summed E-state index contributed by atoms with van der Waals surface area (Å²) in [6.45, 7) is 7.44. The highest BCUT2D eigenvalue weighted by Crippen LogP contribution is 2.40. The molecule has 9 heteroatoms. The van der Waals surface area contributed by atoms with Gasteiger partial charge >= 0.3 is 12.3 Å². The first-order valence-corrected chi connectivity index (χ1v) is 10.2. The fourth-order valence-electron chi connectivity index (χ4n) is 3.76. The lowest BCUT2D eigenvalue weighted by atomic mass is 9.99. The van der Waals surface area contributed by atoms with Gasteiger partial charge in [-0.3, -0.25) is 9.69 Å². The summed E-state index contributed by atoms with van der Waals surface area (Å²) in [6.07, 6.45) is -5.01. The molecule has 0 radical (unpaired) electrons. The maximum atomic E-state index is 13.7. The number of alkyl halides is 3. The molecule has 0 bridgehead atoms. The Balaban J connectivity index is 2.13. The number of ether oxygens (including phenoxy) is 1. The summed E-state index contributed by atoms with van der Waals surface area (Å²) in [5.41, 5.74) is 0.756. The molecule has 1 aliphatic rings. The van der Waals surface area contributed by atoms with Gasteiger partial charge in [-0.25, -0.2) is 9.18 Å². The molecule has 0 saturated carbocycles. The number of carbonyl (C=O) groups excluding carboxylic acids is 2. The summed E-state index contributed by atoms with van der Waals surface area (Å²) in [5, 5.41) is 0. The number of halogens is 4. The van der Waals surface area contributed by atoms with Crippen LogP contribution in [0.3, 0.4) is 0 Å². The average molecular weight is 452 g/mol. The molecule has 0 N–H and O–H groups in total. The molecule has 0 fully saturated rings. The van der Waals surface area contributed by atoms with Crippen LogP contribution in [0.2, 0.25) is 0 Å². The maximum absolute atomic E-state index is 13.7. The maximum Gasteiger partial charge on any atom is 0.419 e. The van der Waals surface area contributed by atoms with Crippen LogP contribution in [0.4, 0.5) is 33.7 Å². The van der Waals surface area contributed by atoms with Crippen molar-refractivity contribution in [3.8, 4) is 0 Å². The first kappa shape index (κ1) is 23.6. The Kier molecular flexibility index (Phi) is 6.48. The van der Waals surface area contributed by atoms with E-state index in [1.165, 1.54) is 9.80 Å². The summed E-state index contributed by atoms with van der Waals surface area (Å²) < 4.78 is 58.5. The van der Waals surface area contributed by atoms with Crippen LogP contribution in [0.5, 0.6) is 0 Å². The van der Waals surface area contributed by atoms with Crippen molar-refractivity contribution in [2.45, 2.75) is 46.3 Å². The third kappa shape index (κ3) is 4.28. The van der Waals surface area contributed by atoms with Gasteiger partial charge in [0.05, 0.1) is 29.6 Å². The highest BCUT2D eigenvalue weighted by molar-refractivity contribution is 6.10. The molecule has 1 aliphatic heterocycles. The summed E-state index contributed by atoms with van der Waals surface area (Å²) in [7, 11) is 0. The standard InChI is InChI=1S/C23H24F4N2O3/c1-5-16-12-28(21(30)15-7-8-18(24)17(11-15)23(25,26)27)19-9-13(3)14(4)10-20(19)29(16)22(31)32-6-2/h7-11,16H,5-6,12H2,1-4H3. The molecule has 2 amide bonds. The summed E-state index contributed by atoms with van der Waals surface area (Å²) in [6, 6.07) is 5.23. The SMILES string of the molecule is CCOC(=O)N1c2cc(C)c(C)cc2N(C(=O)c2ccc(F)c(C(F)(F)F)c2)CC1CC. The number of hydrogen-bond donors (Lipinski definition) is 0. The van der Waals surface area contributed by atoms with Crippen LogP contribution in [-0.2, 0) is 10.9 Å². The molecule has 1 heterocycles. The van der Waals surface area contributed by atoms with E-state index in [-0.39, 0.29) is 18.7 Å². The van der Waals surface area contributed by atoms with Gasteiger partial charge in [0.1, 0.15) is 5.82 Å². The summed E-state index contributed by atoms with van der Waals surface area (Å²) in [4.78, 5) is 28.8. The normalized spacial score (nSPS) is 16.1. The van der Waals surface area contributed by atoms with Gasteiger partial charge in [0.2, 0.25) is 0 Å². The van der Waals surface area contributed by atoms with Crippen molar-refractivity contribution >= 4 is 23.4 Å². The number of aryl methyl sites for hydroxylation is 2. The van der Waals surface area contributed by atoms with Crippen LogP contribution in [0.15, 0.2) is 30.3 Å². The second kappa shape index (κ2) is 8.80. The van der Waals surface area contributed by atoms with E-state index in [4.69, 9.17) is 4.74 Å². The Labute approximate surface area is 183 Å². The predicted octanol–water partition coefficient (Wildman–Crippen LogP) is 5.86. The minimum atomic E-state index is -4.93. The largest absolute Gasteiger partial charge is 0.449 e. The lowest BCUT2D eigenvalue weighted by Gasteiger charge is -2.42. The summed E-state index contributed by atoms with van der Waals surface area (Å²) >= 11 is 0. The van der Waals surface area contributed by atoms with Crippen LogP contribution in [0, 0.1) is 19.7 Å². The van der Waals surface area contributed by atoms with Gasteiger partial charge < -0.3 is 9.64 Å². The molecule has 1 unspecified atom stereocenters. The minimum Gasteiger partial charge on any atom is -0.449 e. The third-order valence-corrected chi connectivity index (χ3v) is 5.60. The van der Waals surface area contributed by atoms with E-state index in [2.05, 4.69) is 0 Å². The molecule has 2 aromatic rings. The van der Waals surface area contributed by atoms with Gasteiger partial charge in [0.25, 0.3) is 5.91 Å². The number of fused-ring (bicyclic) bond motifs is 1. The van der Waals surface area contributed by atoms with Crippen molar-refractivity contribution in [1.29, 1.82) is 0 Å². The Morgan fingerprint density at radius 2 is 1.69 bits per heavy atom. The van der Waals surface area contributed by atoms with E-state index >= 15 is 0 Å². The van der Waals surface area contributed by atoms with Crippen molar-refractivity contribution in [2.75, 3.05) is 23.0 Å². The van der Waals surface area contributed by atoms with E-state index in [0.717, 1.165) is 17.2 Å². The fourth-order valence-corrected chi connectivity index (χ4v) is 3.76. The van der Waals surface area contributed by atoms with E-state index in [1.807, 2.05) is 20.8 Å². The van der Waals surface area contributed by atoms with Crippen LogP contribution in [-0.4, -0.2) is 31.2 Å². The predicted molar refractivity (Wildman–Crippen MR) is 113 cm³/mol. The molecule has 0 saturated heterocycles. The Morgan fingerprint density at radius 1 is 1.06 bits per heavy atom. The highest BCUT2D eigenvalue weighted by atomic mass is 19.4. The smallest absolute Gasteiger partial charge is 0.419 e. The number of rotatable bonds is 3. The van der Waals surface area contributed by atoms with E-state index < -0.39 is 35.6 Å². The molecule has 5 nitrogen and oxygen atoms in total. The Hall–Kier alpha value is -3.10. The van der Waals surface area contributed by atoms with Gasteiger partial charge in [0.15, 0.2) is 0 Å². The topological polar surface area (TPSA) is 49.9 Å². The second-order valence-corrected chi connectivity index (χ2v) is 7.66. The minimum absolute atomic E-state index is 0.0579. The first-order valence-electron chi connectivity index (χ1n) is 10.2. The molecule has 172 valence electrons. The molecule has 3 rings (SSSR count). The zero-order valence-electron chi connectivity index (χ0n) is 18.2. The first-order chi connectivity index (χ1) is 15.0. The lowest BCUT2D eigenvalue weighted by Crippen LogP contribution is -2.53. The van der Waals surface area contributed by atoms with Crippen molar-refractivity contribution < 1.29 is 31.9 Å². The molecule has 0 aromatic heterocycles. The van der Waals surface area contributed by atoms with Crippen LogP contribution in [0.25, 0.3) is 0 Å². The van der Waals surface area contributed by atoms with E-state index in [9.17, 15) is 27.2 Å². The molecule has 0 aliphatic carbocycles. The molecular formula is C23H24F4N2O3. The molecule has 2 aromatic carbocycles. The highest BCUT2D eigenvalue weighted by Gasteiger charge is 2.39. The number of hydrogen-bond acceptors (Lipinski definition) is 3. The monoisotopic (exact) mass is 452 g/mol.